The Bertz CT molecular complexity index is 272. The Morgan fingerprint density at radius 1 is 1.57 bits per heavy atom. The standard InChI is InChI=1S/C10H15ClO3/c1-7(5-6-13-2)10(12)8-3-4-9(11)14-8/h3-4,7,10,12H,5-6H2,1-2H3. The first-order valence-electron chi connectivity index (χ1n) is 4.57. The van der Waals surface area contributed by atoms with Gasteiger partial charge >= 0.3 is 0 Å². The van der Waals surface area contributed by atoms with Crippen LogP contribution in [0.1, 0.15) is 25.2 Å². The van der Waals surface area contributed by atoms with Crippen LogP contribution in [0, 0.1) is 5.92 Å². The molecule has 1 aromatic heterocycles. The van der Waals surface area contributed by atoms with Gasteiger partial charge in [0.2, 0.25) is 0 Å². The molecular formula is C10H15ClO3. The van der Waals surface area contributed by atoms with E-state index in [2.05, 4.69) is 0 Å². The third kappa shape index (κ3) is 3.01. The van der Waals surface area contributed by atoms with Crippen LogP contribution in [-0.2, 0) is 4.74 Å². The van der Waals surface area contributed by atoms with Crippen LogP contribution in [0.15, 0.2) is 16.5 Å². The van der Waals surface area contributed by atoms with Gasteiger partial charge in [0.1, 0.15) is 11.9 Å². The number of aliphatic hydroxyl groups is 1. The third-order valence-electron chi connectivity index (χ3n) is 2.20. The average Bonchev–Trinajstić information content (AvgIpc) is 2.60. The number of rotatable bonds is 5. The van der Waals surface area contributed by atoms with Crippen LogP contribution in [0.2, 0.25) is 5.22 Å². The molecule has 14 heavy (non-hydrogen) atoms. The quantitative estimate of drug-likeness (QED) is 0.826. The zero-order valence-electron chi connectivity index (χ0n) is 8.37. The van der Waals surface area contributed by atoms with Crippen molar-refractivity contribution in [1.29, 1.82) is 0 Å². The molecule has 0 saturated carbocycles. The van der Waals surface area contributed by atoms with Crippen LogP contribution in [0.4, 0.5) is 0 Å². The number of ether oxygens (including phenoxy) is 1. The second kappa shape index (κ2) is 5.39. The van der Waals surface area contributed by atoms with Gasteiger partial charge in [0.05, 0.1) is 0 Å². The summed E-state index contributed by atoms with van der Waals surface area (Å²) in [6.07, 6.45) is 0.174. The Labute approximate surface area is 88.6 Å². The number of halogens is 1. The van der Waals surface area contributed by atoms with Crippen molar-refractivity contribution in [3.8, 4) is 0 Å². The molecule has 0 saturated heterocycles. The van der Waals surface area contributed by atoms with Crippen LogP contribution in [0.3, 0.4) is 0 Å². The largest absolute Gasteiger partial charge is 0.447 e. The topological polar surface area (TPSA) is 42.6 Å². The maximum Gasteiger partial charge on any atom is 0.193 e. The summed E-state index contributed by atoms with van der Waals surface area (Å²) >= 11 is 5.61. The van der Waals surface area contributed by atoms with E-state index in [0.29, 0.717) is 17.6 Å². The number of hydrogen-bond donors (Lipinski definition) is 1. The van der Waals surface area contributed by atoms with Gasteiger partial charge in [-0.15, -0.1) is 0 Å². The minimum atomic E-state index is -0.613. The minimum Gasteiger partial charge on any atom is -0.447 e. The fraction of sp³-hybridized carbons (Fsp3) is 0.600. The molecule has 80 valence electrons. The van der Waals surface area contributed by atoms with Crippen molar-refractivity contribution < 1.29 is 14.3 Å². The van der Waals surface area contributed by atoms with Crippen LogP contribution in [0.5, 0.6) is 0 Å². The molecule has 2 atom stereocenters. The molecule has 1 rings (SSSR count). The number of methoxy groups -OCH3 is 1. The molecule has 0 aliphatic carbocycles. The molecule has 0 bridgehead atoms. The van der Waals surface area contributed by atoms with E-state index in [0.717, 1.165) is 6.42 Å². The van der Waals surface area contributed by atoms with Crippen molar-refractivity contribution >= 4 is 11.6 Å². The van der Waals surface area contributed by atoms with Gasteiger partial charge in [-0.2, -0.15) is 0 Å². The molecule has 1 aromatic rings. The van der Waals surface area contributed by atoms with Crippen molar-refractivity contribution in [2.24, 2.45) is 5.92 Å². The normalized spacial score (nSPS) is 15.4. The molecule has 0 aromatic carbocycles. The summed E-state index contributed by atoms with van der Waals surface area (Å²) in [5.41, 5.74) is 0. The molecule has 0 fully saturated rings. The van der Waals surface area contributed by atoms with E-state index >= 15 is 0 Å². The summed E-state index contributed by atoms with van der Waals surface area (Å²) in [5, 5.41) is 10.1. The fourth-order valence-corrected chi connectivity index (χ4v) is 1.38. The lowest BCUT2D eigenvalue weighted by Gasteiger charge is -2.15. The average molecular weight is 219 g/mol. The lowest BCUT2D eigenvalue weighted by Crippen LogP contribution is -2.10. The molecule has 1 heterocycles. The molecule has 2 unspecified atom stereocenters. The van der Waals surface area contributed by atoms with E-state index in [1.165, 1.54) is 0 Å². The van der Waals surface area contributed by atoms with Gasteiger partial charge in [-0.1, -0.05) is 6.92 Å². The van der Waals surface area contributed by atoms with Crippen molar-refractivity contribution in [2.45, 2.75) is 19.4 Å². The molecule has 3 nitrogen and oxygen atoms in total. The molecular weight excluding hydrogens is 204 g/mol. The number of furan rings is 1. The van der Waals surface area contributed by atoms with Crippen molar-refractivity contribution in [3.63, 3.8) is 0 Å². The number of aliphatic hydroxyl groups excluding tert-OH is 1. The SMILES string of the molecule is COCCC(C)C(O)c1ccc(Cl)o1. The highest BCUT2D eigenvalue weighted by molar-refractivity contribution is 6.28. The van der Waals surface area contributed by atoms with Gasteiger partial charge in [0.25, 0.3) is 0 Å². The molecule has 0 radical (unpaired) electrons. The molecule has 1 N–H and O–H groups in total. The van der Waals surface area contributed by atoms with Gasteiger partial charge in [-0.25, -0.2) is 0 Å². The van der Waals surface area contributed by atoms with Crippen molar-refractivity contribution in [3.05, 3.63) is 23.1 Å². The highest BCUT2D eigenvalue weighted by Gasteiger charge is 2.19. The van der Waals surface area contributed by atoms with Crippen LogP contribution < -0.4 is 0 Å². The summed E-state index contributed by atoms with van der Waals surface area (Å²) in [6.45, 7) is 2.58. The molecule has 0 amide bonds. The highest BCUT2D eigenvalue weighted by atomic mass is 35.5. The first-order valence-corrected chi connectivity index (χ1v) is 4.95. The van der Waals surface area contributed by atoms with Crippen LogP contribution in [-0.4, -0.2) is 18.8 Å². The monoisotopic (exact) mass is 218 g/mol. The van der Waals surface area contributed by atoms with Gasteiger partial charge in [-0.3, -0.25) is 0 Å². The minimum absolute atomic E-state index is 0.0946. The predicted octanol–water partition coefficient (Wildman–Crippen LogP) is 2.64. The summed E-state index contributed by atoms with van der Waals surface area (Å²) in [6, 6.07) is 3.32. The van der Waals surface area contributed by atoms with Gasteiger partial charge < -0.3 is 14.3 Å². The lowest BCUT2D eigenvalue weighted by atomic mass is 10.00. The van der Waals surface area contributed by atoms with E-state index in [9.17, 15) is 5.11 Å². The van der Waals surface area contributed by atoms with E-state index < -0.39 is 6.10 Å². The third-order valence-corrected chi connectivity index (χ3v) is 2.40. The zero-order chi connectivity index (χ0) is 10.6. The van der Waals surface area contributed by atoms with Crippen molar-refractivity contribution in [2.75, 3.05) is 13.7 Å². The van der Waals surface area contributed by atoms with Gasteiger partial charge in [0.15, 0.2) is 5.22 Å². The van der Waals surface area contributed by atoms with Gasteiger partial charge in [0, 0.05) is 13.7 Å². The Hall–Kier alpha value is -0.510. The van der Waals surface area contributed by atoms with Gasteiger partial charge in [-0.05, 0) is 36.1 Å². The zero-order valence-corrected chi connectivity index (χ0v) is 9.12. The second-order valence-corrected chi connectivity index (χ2v) is 3.72. The predicted molar refractivity (Wildman–Crippen MR) is 54.3 cm³/mol. The molecule has 0 spiro atoms. The van der Waals surface area contributed by atoms with E-state index in [-0.39, 0.29) is 5.92 Å². The Morgan fingerprint density at radius 3 is 2.79 bits per heavy atom. The highest BCUT2D eigenvalue weighted by Crippen LogP contribution is 2.27. The molecule has 0 aliphatic rings. The second-order valence-electron chi connectivity index (χ2n) is 3.35. The Morgan fingerprint density at radius 2 is 2.29 bits per heavy atom. The Balaban J connectivity index is 2.51. The summed E-state index contributed by atoms with van der Waals surface area (Å²) in [7, 11) is 1.64. The maximum atomic E-state index is 9.82. The molecule has 0 aliphatic heterocycles. The summed E-state index contributed by atoms with van der Waals surface area (Å²) in [5.74, 6) is 0.607. The molecule has 4 heteroatoms. The Kier molecular flexibility index (Phi) is 4.45. The lowest BCUT2D eigenvalue weighted by molar-refractivity contribution is 0.0716. The summed E-state index contributed by atoms with van der Waals surface area (Å²) in [4.78, 5) is 0. The van der Waals surface area contributed by atoms with E-state index in [4.69, 9.17) is 20.8 Å². The van der Waals surface area contributed by atoms with Crippen LogP contribution >= 0.6 is 11.6 Å². The maximum absolute atomic E-state index is 9.82. The van der Waals surface area contributed by atoms with Crippen LogP contribution in [0.25, 0.3) is 0 Å². The fourth-order valence-electron chi connectivity index (χ4n) is 1.23. The number of hydrogen-bond acceptors (Lipinski definition) is 3. The van der Waals surface area contributed by atoms with E-state index in [1.807, 2.05) is 6.92 Å². The summed E-state index contributed by atoms with van der Waals surface area (Å²) < 4.78 is 10.1. The smallest absolute Gasteiger partial charge is 0.193 e. The first kappa shape index (κ1) is 11.6. The first-order chi connectivity index (χ1) is 6.65. The van der Waals surface area contributed by atoms with Crippen molar-refractivity contribution in [1.82, 2.24) is 0 Å². The van der Waals surface area contributed by atoms with E-state index in [1.54, 1.807) is 19.2 Å².